The van der Waals surface area contributed by atoms with Crippen LogP contribution in [0.2, 0.25) is 0 Å². The molecular formula is C14H13N5. The average molecular weight is 251 g/mol. The molecular weight excluding hydrogens is 238 g/mol. The highest BCUT2D eigenvalue weighted by atomic mass is 15.2. The third-order valence-corrected chi connectivity index (χ3v) is 3.03. The van der Waals surface area contributed by atoms with Gasteiger partial charge in [-0.15, -0.1) is 0 Å². The molecule has 2 heterocycles. The molecule has 19 heavy (non-hydrogen) atoms. The van der Waals surface area contributed by atoms with Crippen LogP contribution in [0.5, 0.6) is 0 Å². The van der Waals surface area contributed by atoms with Crippen LogP contribution in [0.3, 0.4) is 0 Å². The van der Waals surface area contributed by atoms with E-state index in [1.165, 1.54) is 0 Å². The topological polar surface area (TPSA) is 76.7 Å². The molecule has 2 aromatic heterocycles. The van der Waals surface area contributed by atoms with Crippen molar-refractivity contribution >= 4 is 11.0 Å². The van der Waals surface area contributed by atoms with Crippen molar-refractivity contribution in [1.29, 1.82) is 0 Å². The second kappa shape index (κ2) is 5.09. The molecule has 0 aliphatic heterocycles. The molecule has 3 aromatic rings. The van der Waals surface area contributed by atoms with Crippen LogP contribution in [0.4, 0.5) is 0 Å². The number of hydrogen-bond acceptors (Lipinski definition) is 5. The predicted molar refractivity (Wildman–Crippen MR) is 72.9 cm³/mol. The summed E-state index contributed by atoms with van der Waals surface area (Å²) in [4.78, 5) is 12.8. The van der Waals surface area contributed by atoms with Gasteiger partial charge in [0.1, 0.15) is 0 Å². The van der Waals surface area contributed by atoms with Crippen molar-refractivity contribution in [3.8, 4) is 0 Å². The molecule has 1 atom stereocenters. The Kier molecular flexibility index (Phi) is 3.14. The van der Waals surface area contributed by atoms with E-state index in [1.807, 2.05) is 30.3 Å². The number of pyridine rings is 1. The largest absolute Gasteiger partial charge is 0.271 e. The molecule has 0 saturated carbocycles. The molecule has 3 rings (SSSR count). The standard InChI is InChI=1S/C14H13N5/c15-19-13(10-3-2-6-16-9-10)11-4-1-5-12-14(11)18-8-7-17-12/h1-9,13,19H,15H2. The van der Waals surface area contributed by atoms with Gasteiger partial charge in [-0.1, -0.05) is 18.2 Å². The van der Waals surface area contributed by atoms with Crippen LogP contribution in [0.15, 0.2) is 55.1 Å². The van der Waals surface area contributed by atoms with Crippen LogP contribution < -0.4 is 11.3 Å². The summed E-state index contributed by atoms with van der Waals surface area (Å²) in [6, 6.07) is 9.59. The SMILES string of the molecule is NNC(c1cccnc1)c1cccc2nccnc12. The van der Waals surface area contributed by atoms with Gasteiger partial charge in [0.05, 0.1) is 17.1 Å². The zero-order valence-electron chi connectivity index (χ0n) is 10.2. The highest BCUT2D eigenvalue weighted by molar-refractivity contribution is 5.78. The monoisotopic (exact) mass is 251 g/mol. The van der Waals surface area contributed by atoms with E-state index < -0.39 is 0 Å². The minimum absolute atomic E-state index is 0.158. The molecule has 0 fully saturated rings. The Morgan fingerprint density at radius 3 is 2.68 bits per heavy atom. The molecule has 1 aromatic carbocycles. The lowest BCUT2D eigenvalue weighted by Gasteiger charge is -2.17. The average Bonchev–Trinajstić information content (AvgIpc) is 2.49. The number of rotatable bonds is 3. The molecule has 0 aliphatic carbocycles. The minimum atomic E-state index is -0.158. The van der Waals surface area contributed by atoms with Gasteiger partial charge in [-0.25, -0.2) is 5.43 Å². The number of benzene rings is 1. The number of aromatic nitrogens is 3. The Morgan fingerprint density at radius 2 is 1.89 bits per heavy atom. The maximum Gasteiger partial charge on any atom is 0.0938 e. The highest BCUT2D eigenvalue weighted by Crippen LogP contribution is 2.25. The van der Waals surface area contributed by atoms with E-state index >= 15 is 0 Å². The summed E-state index contributed by atoms with van der Waals surface area (Å²) in [6.45, 7) is 0. The van der Waals surface area contributed by atoms with Crippen LogP contribution in [0.1, 0.15) is 17.2 Å². The van der Waals surface area contributed by atoms with Gasteiger partial charge in [0.15, 0.2) is 0 Å². The number of hydrogen-bond donors (Lipinski definition) is 2. The van der Waals surface area contributed by atoms with Crippen LogP contribution >= 0.6 is 0 Å². The fraction of sp³-hybridized carbons (Fsp3) is 0.0714. The van der Waals surface area contributed by atoms with E-state index in [0.29, 0.717) is 0 Å². The maximum atomic E-state index is 5.70. The van der Waals surface area contributed by atoms with Gasteiger partial charge < -0.3 is 0 Å². The van der Waals surface area contributed by atoms with Gasteiger partial charge in [-0.3, -0.25) is 20.8 Å². The van der Waals surface area contributed by atoms with E-state index in [-0.39, 0.29) is 6.04 Å². The van der Waals surface area contributed by atoms with Crippen molar-refractivity contribution < 1.29 is 0 Å². The van der Waals surface area contributed by atoms with Gasteiger partial charge >= 0.3 is 0 Å². The molecule has 0 aliphatic rings. The Morgan fingerprint density at radius 1 is 1.00 bits per heavy atom. The maximum absolute atomic E-state index is 5.70. The Bertz CT molecular complexity index is 678. The third kappa shape index (κ3) is 2.16. The predicted octanol–water partition coefficient (Wildman–Crippen LogP) is 1.58. The number of nitrogens with two attached hydrogens (primary N) is 1. The molecule has 0 radical (unpaired) electrons. The summed E-state index contributed by atoms with van der Waals surface area (Å²) in [5.74, 6) is 5.70. The summed E-state index contributed by atoms with van der Waals surface area (Å²) < 4.78 is 0. The molecule has 5 heteroatoms. The molecule has 0 amide bonds. The van der Waals surface area contributed by atoms with Gasteiger partial charge in [0.2, 0.25) is 0 Å². The van der Waals surface area contributed by atoms with Crippen molar-refractivity contribution in [3.63, 3.8) is 0 Å². The summed E-state index contributed by atoms with van der Waals surface area (Å²) in [7, 11) is 0. The molecule has 0 saturated heterocycles. The first-order chi connectivity index (χ1) is 9.40. The van der Waals surface area contributed by atoms with Crippen molar-refractivity contribution in [2.24, 2.45) is 5.84 Å². The fourth-order valence-corrected chi connectivity index (χ4v) is 2.16. The Balaban J connectivity index is 2.17. The van der Waals surface area contributed by atoms with Crippen LogP contribution in [-0.4, -0.2) is 15.0 Å². The van der Waals surface area contributed by atoms with Crippen molar-refractivity contribution in [2.75, 3.05) is 0 Å². The van der Waals surface area contributed by atoms with Gasteiger partial charge in [0, 0.05) is 30.4 Å². The smallest absolute Gasteiger partial charge is 0.0938 e. The van der Waals surface area contributed by atoms with Gasteiger partial charge in [-0.05, 0) is 17.7 Å². The minimum Gasteiger partial charge on any atom is -0.271 e. The number of para-hydroxylation sites is 1. The Labute approximate surface area is 110 Å². The number of nitrogens with zero attached hydrogens (tertiary/aromatic N) is 3. The van der Waals surface area contributed by atoms with E-state index in [2.05, 4.69) is 20.4 Å². The van der Waals surface area contributed by atoms with Crippen molar-refractivity contribution in [1.82, 2.24) is 20.4 Å². The zero-order valence-corrected chi connectivity index (χ0v) is 10.2. The molecule has 0 bridgehead atoms. The molecule has 5 nitrogen and oxygen atoms in total. The van der Waals surface area contributed by atoms with Gasteiger partial charge in [0.25, 0.3) is 0 Å². The lowest BCUT2D eigenvalue weighted by Crippen LogP contribution is -2.29. The Hall–Kier alpha value is -2.37. The van der Waals surface area contributed by atoms with Gasteiger partial charge in [-0.2, -0.15) is 0 Å². The number of fused-ring (bicyclic) bond motifs is 1. The molecule has 0 spiro atoms. The number of hydrazine groups is 1. The first kappa shape index (κ1) is 11.7. The first-order valence-electron chi connectivity index (χ1n) is 5.96. The van der Waals surface area contributed by atoms with Crippen LogP contribution in [0, 0.1) is 0 Å². The van der Waals surface area contributed by atoms with Crippen molar-refractivity contribution in [3.05, 3.63) is 66.2 Å². The second-order valence-electron chi connectivity index (χ2n) is 4.16. The summed E-state index contributed by atoms with van der Waals surface area (Å²) >= 11 is 0. The third-order valence-electron chi connectivity index (χ3n) is 3.03. The van der Waals surface area contributed by atoms with E-state index in [4.69, 9.17) is 5.84 Å². The fourth-order valence-electron chi connectivity index (χ4n) is 2.16. The van der Waals surface area contributed by atoms with E-state index in [9.17, 15) is 0 Å². The normalized spacial score (nSPS) is 12.5. The van der Waals surface area contributed by atoms with Crippen LogP contribution in [0.25, 0.3) is 11.0 Å². The molecule has 1 unspecified atom stereocenters. The molecule has 3 N–H and O–H groups in total. The van der Waals surface area contributed by atoms with E-state index in [1.54, 1.807) is 24.8 Å². The summed E-state index contributed by atoms with van der Waals surface area (Å²) in [5, 5.41) is 0. The molecule has 94 valence electrons. The lowest BCUT2D eigenvalue weighted by molar-refractivity contribution is 0.637. The van der Waals surface area contributed by atoms with Crippen LogP contribution in [-0.2, 0) is 0 Å². The quantitative estimate of drug-likeness (QED) is 0.546. The second-order valence-corrected chi connectivity index (χ2v) is 4.16. The summed E-state index contributed by atoms with van der Waals surface area (Å²) in [5.41, 5.74) is 6.49. The highest BCUT2D eigenvalue weighted by Gasteiger charge is 2.16. The zero-order chi connectivity index (χ0) is 13.1. The van der Waals surface area contributed by atoms with Crippen molar-refractivity contribution in [2.45, 2.75) is 6.04 Å². The lowest BCUT2D eigenvalue weighted by atomic mass is 9.99. The van der Waals surface area contributed by atoms with E-state index in [0.717, 1.165) is 22.2 Å². The number of nitrogens with one attached hydrogen (secondary N) is 1. The summed E-state index contributed by atoms with van der Waals surface area (Å²) in [6.07, 6.45) is 6.89. The first-order valence-corrected chi connectivity index (χ1v) is 5.96.